The third-order valence-electron chi connectivity index (χ3n) is 1.81. The largest absolute Gasteiger partial charge is 0.326 e. The summed E-state index contributed by atoms with van der Waals surface area (Å²) in [7, 11) is 0. The summed E-state index contributed by atoms with van der Waals surface area (Å²) < 4.78 is 24.5. The molecule has 0 fully saturated rings. The normalized spacial score (nSPS) is 10.8. The fourth-order valence-electron chi connectivity index (χ4n) is 1.01. The highest BCUT2D eigenvalue weighted by Crippen LogP contribution is 2.23. The maximum absolute atomic E-state index is 12.3. The van der Waals surface area contributed by atoms with Crippen LogP contribution in [0.1, 0.15) is 23.1 Å². The van der Waals surface area contributed by atoms with Crippen molar-refractivity contribution >= 4 is 0 Å². The molecule has 12 heavy (non-hydrogen) atoms. The van der Waals surface area contributed by atoms with Crippen LogP contribution in [0, 0.1) is 6.92 Å². The van der Waals surface area contributed by atoms with E-state index in [1.807, 2.05) is 0 Å². The smallest absolute Gasteiger partial charge is 0.265 e. The van der Waals surface area contributed by atoms with Gasteiger partial charge in [0.1, 0.15) is 0 Å². The highest BCUT2D eigenvalue weighted by molar-refractivity contribution is 5.30. The van der Waals surface area contributed by atoms with E-state index in [2.05, 4.69) is 4.98 Å². The third-order valence-corrected chi connectivity index (χ3v) is 1.81. The molecule has 0 saturated carbocycles. The predicted octanol–water partition coefficient (Wildman–Crippen LogP) is 1.79. The van der Waals surface area contributed by atoms with Gasteiger partial charge in [0, 0.05) is 24.5 Å². The zero-order chi connectivity index (χ0) is 9.14. The number of hydrogen-bond acceptors (Lipinski definition) is 2. The molecule has 4 heteroatoms. The minimum absolute atomic E-state index is 0.0297. The van der Waals surface area contributed by atoms with Crippen molar-refractivity contribution in [2.45, 2.75) is 19.9 Å². The lowest BCUT2D eigenvalue weighted by atomic mass is 10.1. The average Bonchev–Trinajstić information content (AvgIpc) is 2.04. The molecular formula is C8H10F2N2. The summed E-state index contributed by atoms with van der Waals surface area (Å²) in [6.45, 7) is 1.88. The van der Waals surface area contributed by atoms with E-state index < -0.39 is 6.43 Å². The van der Waals surface area contributed by atoms with E-state index in [1.165, 1.54) is 12.4 Å². The van der Waals surface area contributed by atoms with Crippen LogP contribution in [-0.4, -0.2) is 4.98 Å². The number of alkyl halides is 2. The first-order valence-electron chi connectivity index (χ1n) is 3.58. The molecule has 1 heterocycles. The lowest BCUT2D eigenvalue weighted by Gasteiger charge is -2.07. The summed E-state index contributed by atoms with van der Waals surface area (Å²) >= 11 is 0. The Balaban J connectivity index is 3.14. The Morgan fingerprint density at radius 3 is 2.67 bits per heavy atom. The molecule has 0 aliphatic heterocycles. The van der Waals surface area contributed by atoms with Crippen LogP contribution in [0.15, 0.2) is 12.4 Å². The molecular weight excluding hydrogens is 162 g/mol. The summed E-state index contributed by atoms with van der Waals surface area (Å²) in [5.74, 6) is 0. The van der Waals surface area contributed by atoms with Crippen molar-refractivity contribution in [2.24, 2.45) is 5.73 Å². The van der Waals surface area contributed by atoms with Gasteiger partial charge < -0.3 is 5.73 Å². The van der Waals surface area contributed by atoms with E-state index >= 15 is 0 Å². The summed E-state index contributed by atoms with van der Waals surface area (Å²) in [5.41, 5.74) is 6.52. The molecule has 66 valence electrons. The lowest BCUT2D eigenvalue weighted by molar-refractivity contribution is 0.150. The van der Waals surface area contributed by atoms with Gasteiger partial charge in [-0.1, -0.05) is 0 Å². The van der Waals surface area contributed by atoms with Crippen LogP contribution in [0.5, 0.6) is 0 Å². The van der Waals surface area contributed by atoms with Gasteiger partial charge >= 0.3 is 0 Å². The van der Waals surface area contributed by atoms with Gasteiger partial charge in [-0.3, -0.25) is 4.98 Å². The van der Waals surface area contributed by atoms with Crippen LogP contribution < -0.4 is 5.73 Å². The number of hydrogen-bond donors (Lipinski definition) is 1. The number of aromatic nitrogens is 1. The first-order valence-corrected chi connectivity index (χ1v) is 3.58. The van der Waals surface area contributed by atoms with Gasteiger partial charge in [-0.05, 0) is 18.1 Å². The molecule has 0 amide bonds. The summed E-state index contributed by atoms with van der Waals surface area (Å²) in [6.07, 6.45) is 0.226. The van der Waals surface area contributed by atoms with Crippen LogP contribution in [-0.2, 0) is 6.54 Å². The second kappa shape index (κ2) is 3.58. The Labute approximate surface area is 69.4 Å². The van der Waals surface area contributed by atoms with Crippen molar-refractivity contribution in [1.82, 2.24) is 4.98 Å². The minimum Gasteiger partial charge on any atom is -0.326 e. The van der Waals surface area contributed by atoms with Gasteiger partial charge in [0.15, 0.2) is 0 Å². The number of rotatable bonds is 2. The van der Waals surface area contributed by atoms with Gasteiger partial charge in [-0.25, -0.2) is 8.78 Å². The zero-order valence-electron chi connectivity index (χ0n) is 6.72. The first kappa shape index (κ1) is 9.06. The zero-order valence-corrected chi connectivity index (χ0v) is 6.72. The lowest BCUT2D eigenvalue weighted by Crippen LogP contribution is -2.03. The molecule has 1 aromatic heterocycles. The van der Waals surface area contributed by atoms with E-state index in [4.69, 9.17) is 5.73 Å². The van der Waals surface area contributed by atoms with Crippen molar-refractivity contribution in [1.29, 1.82) is 0 Å². The Kier molecular flexibility index (Phi) is 2.70. The number of pyridine rings is 1. The molecule has 1 rings (SSSR count). The van der Waals surface area contributed by atoms with Crippen LogP contribution in [0.3, 0.4) is 0 Å². The fourth-order valence-corrected chi connectivity index (χ4v) is 1.01. The topological polar surface area (TPSA) is 38.9 Å². The van der Waals surface area contributed by atoms with Gasteiger partial charge in [0.2, 0.25) is 0 Å². The average molecular weight is 172 g/mol. The molecule has 0 aromatic carbocycles. The minimum atomic E-state index is -2.47. The molecule has 0 unspecified atom stereocenters. The molecule has 2 nitrogen and oxygen atoms in total. The molecule has 0 spiro atoms. The summed E-state index contributed by atoms with van der Waals surface area (Å²) in [6, 6.07) is 0. The number of nitrogens with zero attached hydrogens (tertiary/aromatic N) is 1. The van der Waals surface area contributed by atoms with Gasteiger partial charge in [-0.15, -0.1) is 0 Å². The van der Waals surface area contributed by atoms with E-state index in [9.17, 15) is 8.78 Å². The van der Waals surface area contributed by atoms with E-state index in [-0.39, 0.29) is 12.1 Å². The maximum Gasteiger partial charge on any atom is 0.265 e. The fraction of sp³-hybridized carbons (Fsp3) is 0.375. The second-order valence-corrected chi connectivity index (χ2v) is 2.52. The molecule has 0 saturated heterocycles. The molecule has 0 bridgehead atoms. The second-order valence-electron chi connectivity index (χ2n) is 2.52. The molecule has 0 aliphatic rings. The van der Waals surface area contributed by atoms with Crippen molar-refractivity contribution in [2.75, 3.05) is 0 Å². The van der Waals surface area contributed by atoms with Crippen molar-refractivity contribution in [3.05, 3.63) is 29.1 Å². The Morgan fingerprint density at radius 1 is 1.50 bits per heavy atom. The van der Waals surface area contributed by atoms with Crippen molar-refractivity contribution in [3.63, 3.8) is 0 Å². The van der Waals surface area contributed by atoms with Gasteiger partial charge in [-0.2, -0.15) is 0 Å². The number of halogens is 2. The molecule has 1 aromatic rings. The quantitative estimate of drug-likeness (QED) is 0.738. The summed E-state index contributed by atoms with van der Waals surface area (Å²) in [4.78, 5) is 3.68. The third kappa shape index (κ3) is 1.58. The SMILES string of the molecule is Cc1c(CN)cncc1C(F)F. The highest BCUT2D eigenvalue weighted by Gasteiger charge is 2.12. The standard InChI is InChI=1S/C8H10F2N2/c1-5-6(2-11)3-12-4-7(5)8(9)10/h3-4,8H,2,11H2,1H3. The van der Waals surface area contributed by atoms with Crippen LogP contribution in [0.25, 0.3) is 0 Å². The maximum atomic E-state index is 12.3. The van der Waals surface area contributed by atoms with Crippen LogP contribution in [0.4, 0.5) is 8.78 Å². The Morgan fingerprint density at radius 2 is 2.17 bits per heavy atom. The Hall–Kier alpha value is -1.03. The van der Waals surface area contributed by atoms with Crippen LogP contribution in [0.2, 0.25) is 0 Å². The first-order chi connectivity index (χ1) is 5.66. The van der Waals surface area contributed by atoms with E-state index in [0.29, 0.717) is 11.1 Å². The summed E-state index contributed by atoms with van der Waals surface area (Å²) in [5, 5.41) is 0. The molecule has 0 atom stereocenters. The van der Waals surface area contributed by atoms with Crippen molar-refractivity contribution < 1.29 is 8.78 Å². The Bertz CT molecular complexity index is 274. The van der Waals surface area contributed by atoms with Gasteiger partial charge in [0.05, 0.1) is 0 Å². The highest BCUT2D eigenvalue weighted by atomic mass is 19.3. The molecule has 0 aliphatic carbocycles. The van der Waals surface area contributed by atoms with Gasteiger partial charge in [0.25, 0.3) is 6.43 Å². The van der Waals surface area contributed by atoms with Crippen molar-refractivity contribution in [3.8, 4) is 0 Å². The van der Waals surface area contributed by atoms with Crippen LogP contribution >= 0.6 is 0 Å². The monoisotopic (exact) mass is 172 g/mol. The molecule has 0 radical (unpaired) electrons. The van der Waals surface area contributed by atoms with E-state index in [1.54, 1.807) is 6.92 Å². The predicted molar refractivity (Wildman–Crippen MR) is 41.8 cm³/mol. The molecule has 2 N–H and O–H groups in total. The van der Waals surface area contributed by atoms with E-state index in [0.717, 1.165) is 0 Å². The number of nitrogens with two attached hydrogens (primary N) is 1.